The molecule has 3 heterocycles. The van der Waals surface area contributed by atoms with E-state index in [0.717, 1.165) is 48.0 Å². The van der Waals surface area contributed by atoms with Gasteiger partial charge in [0.25, 0.3) is 0 Å². The average Bonchev–Trinajstić information content (AvgIpc) is 3.41. The molecular formula is C20H23N3O3. The van der Waals surface area contributed by atoms with Crippen molar-refractivity contribution < 1.29 is 14.3 Å². The SMILES string of the molecule is O=C1C[C@H](c2ncc(-c3ccc4c(c3)OCCO4)[nH]2)CN1C1CCCC1. The molecule has 0 bridgehead atoms. The van der Waals surface area contributed by atoms with Crippen LogP contribution in [0.1, 0.15) is 43.8 Å². The van der Waals surface area contributed by atoms with Crippen LogP contribution in [0.4, 0.5) is 0 Å². The Morgan fingerprint density at radius 2 is 1.92 bits per heavy atom. The van der Waals surface area contributed by atoms with Gasteiger partial charge >= 0.3 is 0 Å². The van der Waals surface area contributed by atoms with Crippen LogP contribution in [0.15, 0.2) is 24.4 Å². The number of fused-ring (bicyclic) bond motifs is 1. The number of aromatic nitrogens is 2. The van der Waals surface area contributed by atoms with Crippen molar-refractivity contribution in [1.82, 2.24) is 14.9 Å². The summed E-state index contributed by atoms with van der Waals surface area (Å²) in [5.41, 5.74) is 1.97. The van der Waals surface area contributed by atoms with E-state index in [1.165, 1.54) is 12.8 Å². The summed E-state index contributed by atoms with van der Waals surface area (Å²) < 4.78 is 11.2. The molecular weight excluding hydrogens is 330 g/mol. The first-order chi connectivity index (χ1) is 12.8. The molecule has 1 saturated heterocycles. The molecule has 2 aliphatic heterocycles. The predicted molar refractivity (Wildman–Crippen MR) is 96.3 cm³/mol. The van der Waals surface area contributed by atoms with Crippen LogP contribution in [0.25, 0.3) is 11.3 Å². The molecule has 1 N–H and O–H groups in total. The molecule has 1 aromatic carbocycles. The van der Waals surface area contributed by atoms with Gasteiger partial charge in [0.2, 0.25) is 5.91 Å². The maximum absolute atomic E-state index is 12.4. The van der Waals surface area contributed by atoms with Gasteiger partial charge in [-0.3, -0.25) is 4.79 Å². The van der Waals surface area contributed by atoms with Crippen molar-refractivity contribution in [3.8, 4) is 22.8 Å². The monoisotopic (exact) mass is 353 g/mol. The van der Waals surface area contributed by atoms with Gasteiger partial charge in [0.1, 0.15) is 19.0 Å². The summed E-state index contributed by atoms with van der Waals surface area (Å²) in [6.45, 7) is 1.96. The normalized spacial score (nSPS) is 23.0. The zero-order valence-electron chi connectivity index (χ0n) is 14.7. The Bertz CT molecular complexity index is 825. The molecule has 0 radical (unpaired) electrons. The number of hydrogen-bond acceptors (Lipinski definition) is 4. The highest BCUT2D eigenvalue weighted by molar-refractivity contribution is 5.80. The number of amides is 1. The van der Waals surface area contributed by atoms with Gasteiger partial charge in [-0.25, -0.2) is 4.98 Å². The second kappa shape index (κ2) is 6.34. The lowest BCUT2D eigenvalue weighted by Crippen LogP contribution is -2.34. The molecule has 5 rings (SSSR count). The van der Waals surface area contributed by atoms with E-state index < -0.39 is 0 Å². The highest BCUT2D eigenvalue weighted by atomic mass is 16.6. The van der Waals surface area contributed by atoms with Crippen molar-refractivity contribution in [3.05, 3.63) is 30.2 Å². The van der Waals surface area contributed by atoms with Gasteiger partial charge in [0.05, 0.1) is 11.9 Å². The summed E-state index contributed by atoms with van der Waals surface area (Å²) >= 11 is 0. The third-order valence-electron chi connectivity index (χ3n) is 5.76. The Balaban J connectivity index is 1.35. The molecule has 1 aromatic heterocycles. The largest absolute Gasteiger partial charge is 0.486 e. The van der Waals surface area contributed by atoms with E-state index in [1.54, 1.807) is 0 Å². The topological polar surface area (TPSA) is 67.5 Å². The molecule has 3 aliphatic rings. The van der Waals surface area contributed by atoms with Crippen LogP contribution < -0.4 is 9.47 Å². The Hall–Kier alpha value is -2.50. The summed E-state index contributed by atoms with van der Waals surface area (Å²) in [6, 6.07) is 6.37. The van der Waals surface area contributed by atoms with Crippen molar-refractivity contribution in [2.75, 3.05) is 19.8 Å². The average molecular weight is 353 g/mol. The van der Waals surface area contributed by atoms with Gasteiger partial charge < -0.3 is 19.4 Å². The zero-order valence-corrected chi connectivity index (χ0v) is 14.7. The minimum atomic E-state index is 0.161. The van der Waals surface area contributed by atoms with Crippen molar-refractivity contribution in [1.29, 1.82) is 0 Å². The number of H-pyrrole nitrogens is 1. The van der Waals surface area contributed by atoms with Crippen LogP contribution in [0.2, 0.25) is 0 Å². The maximum atomic E-state index is 12.4. The minimum absolute atomic E-state index is 0.161. The number of benzene rings is 1. The van der Waals surface area contributed by atoms with Gasteiger partial charge in [-0.05, 0) is 31.0 Å². The van der Waals surface area contributed by atoms with Crippen LogP contribution >= 0.6 is 0 Å². The molecule has 2 fully saturated rings. The van der Waals surface area contributed by atoms with E-state index in [0.29, 0.717) is 25.7 Å². The highest BCUT2D eigenvalue weighted by Gasteiger charge is 2.37. The summed E-state index contributed by atoms with van der Waals surface area (Å²) in [4.78, 5) is 22.5. The second-order valence-corrected chi connectivity index (χ2v) is 7.43. The van der Waals surface area contributed by atoms with Gasteiger partial charge in [-0.1, -0.05) is 12.8 Å². The fraction of sp³-hybridized carbons (Fsp3) is 0.500. The number of hydrogen-bond donors (Lipinski definition) is 1. The molecule has 26 heavy (non-hydrogen) atoms. The first-order valence-corrected chi connectivity index (χ1v) is 9.52. The van der Waals surface area contributed by atoms with Crippen molar-refractivity contribution in [2.24, 2.45) is 0 Å². The summed E-state index contributed by atoms with van der Waals surface area (Å²) in [6.07, 6.45) is 7.20. The number of aromatic amines is 1. The fourth-order valence-corrected chi connectivity index (χ4v) is 4.39. The van der Waals surface area contributed by atoms with E-state index in [-0.39, 0.29) is 11.8 Å². The van der Waals surface area contributed by atoms with Gasteiger partial charge in [0, 0.05) is 30.5 Å². The van der Waals surface area contributed by atoms with Gasteiger partial charge in [-0.15, -0.1) is 0 Å². The van der Waals surface area contributed by atoms with E-state index in [2.05, 4.69) is 14.9 Å². The summed E-state index contributed by atoms with van der Waals surface area (Å²) in [5, 5.41) is 0. The van der Waals surface area contributed by atoms with E-state index in [1.807, 2.05) is 24.4 Å². The number of rotatable bonds is 3. The first kappa shape index (κ1) is 15.7. The lowest BCUT2D eigenvalue weighted by Gasteiger charge is -2.23. The second-order valence-electron chi connectivity index (χ2n) is 7.43. The molecule has 6 heteroatoms. The third kappa shape index (κ3) is 2.73. The van der Waals surface area contributed by atoms with Crippen LogP contribution in [-0.2, 0) is 4.79 Å². The minimum Gasteiger partial charge on any atom is -0.486 e. The Kier molecular flexibility index (Phi) is 3.84. The van der Waals surface area contributed by atoms with Crippen LogP contribution in [0.5, 0.6) is 11.5 Å². The van der Waals surface area contributed by atoms with E-state index in [9.17, 15) is 4.79 Å². The number of imidazole rings is 1. The highest BCUT2D eigenvalue weighted by Crippen LogP contribution is 2.36. The number of carbonyl (C=O) groups excluding carboxylic acids is 1. The quantitative estimate of drug-likeness (QED) is 0.921. The number of carbonyl (C=O) groups is 1. The number of ether oxygens (including phenoxy) is 2. The molecule has 1 amide bonds. The summed E-state index contributed by atoms with van der Waals surface area (Å²) in [7, 11) is 0. The Labute approximate surface area is 152 Å². The van der Waals surface area contributed by atoms with E-state index >= 15 is 0 Å². The Morgan fingerprint density at radius 3 is 2.77 bits per heavy atom. The third-order valence-corrected chi connectivity index (χ3v) is 5.76. The smallest absolute Gasteiger partial charge is 0.223 e. The zero-order chi connectivity index (χ0) is 17.5. The lowest BCUT2D eigenvalue weighted by atomic mass is 10.1. The lowest BCUT2D eigenvalue weighted by molar-refractivity contribution is -0.129. The molecule has 6 nitrogen and oxygen atoms in total. The van der Waals surface area contributed by atoms with Crippen LogP contribution in [0.3, 0.4) is 0 Å². The molecule has 2 aromatic rings. The Morgan fingerprint density at radius 1 is 1.12 bits per heavy atom. The van der Waals surface area contributed by atoms with Crippen molar-refractivity contribution in [2.45, 2.75) is 44.1 Å². The molecule has 1 aliphatic carbocycles. The standard InChI is InChI=1S/C20H23N3O3/c24-19-10-14(12-23(19)15-3-1-2-4-15)20-21-11-16(22-20)13-5-6-17-18(9-13)26-8-7-25-17/h5-6,9,11,14-15H,1-4,7-8,10,12H2,(H,21,22)/t14-/m0/s1. The van der Waals surface area contributed by atoms with Gasteiger partial charge in [0.15, 0.2) is 11.5 Å². The van der Waals surface area contributed by atoms with Crippen molar-refractivity contribution >= 4 is 5.91 Å². The van der Waals surface area contributed by atoms with E-state index in [4.69, 9.17) is 9.47 Å². The molecule has 0 unspecified atom stereocenters. The van der Waals surface area contributed by atoms with Crippen LogP contribution in [-0.4, -0.2) is 46.6 Å². The van der Waals surface area contributed by atoms with Crippen LogP contribution in [0, 0.1) is 0 Å². The van der Waals surface area contributed by atoms with Crippen molar-refractivity contribution in [3.63, 3.8) is 0 Å². The molecule has 1 atom stereocenters. The maximum Gasteiger partial charge on any atom is 0.223 e. The van der Waals surface area contributed by atoms with Gasteiger partial charge in [-0.2, -0.15) is 0 Å². The predicted octanol–water partition coefficient (Wildman–Crippen LogP) is 3.11. The summed E-state index contributed by atoms with van der Waals surface area (Å²) in [5.74, 6) is 2.90. The molecule has 0 spiro atoms. The number of likely N-dealkylation sites (tertiary alicyclic amines) is 1. The fourth-order valence-electron chi connectivity index (χ4n) is 4.39. The molecule has 136 valence electrons. The first-order valence-electron chi connectivity index (χ1n) is 9.52. The number of nitrogens with one attached hydrogen (secondary N) is 1. The number of nitrogens with zero attached hydrogens (tertiary/aromatic N) is 2. The molecule has 1 saturated carbocycles.